The molecule has 2 atom stereocenters. The summed E-state index contributed by atoms with van der Waals surface area (Å²) in [6.07, 6.45) is 2.35. The molecule has 0 radical (unpaired) electrons. The van der Waals surface area contributed by atoms with Crippen LogP contribution in [0.1, 0.15) is 26.4 Å². The molecule has 1 heterocycles. The summed E-state index contributed by atoms with van der Waals surface area (Å²) >= 11 is 0. The fourth-order valence-electron chi connectivity index (χ4n) is 2.22. The lowest BCUT2D eigenvalue weighted by atomic mass is 10.1. The average molecular weight is 254 g/mol. The third-order valence-electron chi connectivity index (χ3n) is 2.78. The van der Waals surface area contributed by atoms with Gasteiger partial charge in [0.15, 0.2) is 0 Å². The summed E-state index contributed by atoms with van der Waals surface area (Å²) in [7, 11) is -1.88. The second kappa shape index (κ2) is 4.97. The van der Waals surface area contributed by atoms with Gasteiger partial charge in [-0.25, -0.2) is 0 Å². The van der Waals surface area contributed by atoms with Crippen LogP contribution in [0.15, 0.2) is 30.3 Å². The van der Waals surface area contributed by atoms with Crippen LogP contribution in [0, 0.1) is 0 Å². The van der Waals surface area contributed by atoms with Crippen molar-refractivity contribution < 1.29 is 2.74 Å². The zero-order valence-corrected chi connectivity index (χ0v) is 12.3. The molecule has 1 aliphatic rings. The van der Waals surface area contributed by atoms with Crippen molar-refractivity contribution in [2.75, 3.05) is 11.1 Å². The molecule has 0 amide bonds. The molecule has 2 rings (SSSR count). The van der Waals surface area contributed by atoms with Crippen LogP contribution in [0.4, 0.5) is 0 Å². The standard InChI is InChI=1S/C14H23SSi/c1-16(2,3)12-15-11-7-10-14(15)13-8-5-4-6-9-13/h4-6,8-9,14H,7,10-12H2,1-3H3/q+1/t14-,15?/m0/s1/i12D2. The molecule has 1 unspecified atom stereocenters. The molecule has 0 nitrogen and oxygen atoms in total. The maximum absolute atomic E-state index is 8.60. The van der Waals surface area contributed by atoms with E-state index in [4.69, 9.17) is 2.74 Å². The van der Waals surface area contributed by atoms with Crippen molar-refractivity contribution in [3.8, 4) is 0 Å². The van der Waals surface area contributed by atoms with Gasteiger partial charge in [0.25, 0.3) is 0 Å². The van der Waals surface area contributed by atoms with Gasteiger partial charge in [0.2, 0.25) is 0 Å². The second-order valence-corrected chi connectivity index (χ2v) is 12.7. The van der Waals surface area contributed by atoms with Crippen LogP contribution < -0.4 is 0 Å². The van der Waals surface area contributed by atoms with Gasteiger partial charge in [-0.3, -0.25) is 0 Å². The van der Waals surface area contributed by atoms with Crippen molar-refractivity contribution in [2.24, 2.45) is 0 Å². The van der Waals surface area contributed by atoms with Crippen LogP contribution in [0.5, 0.6) is 0 Å². The zero-order chi connectivity index (χ0) is 13.4. The van der Waals surface area contributed by atoms with Crippen molar-refractivity contribution in [2.45, 2.75) is 37.7 Å². The van der Waals surface area contributed by atoms with E-state index in [1.165, 1.54) is 12.0 Å². The maximum atomic E-state index is 8.60. The Morgan fingerprint density at radius 3 is 2.62 bits per heavy atom. The van der Waals surface area contributed by atoms with E-state index in [-0.39, 0.29) is 10.9 Å². The van der Waals surface area contributed by atoms with E-state index in [9.17, 15) is 0 Å². The number of rotatable bonds is 3. The van der Waals surface area contributed by atoms with Crippen LogP contribution in [-0.2, 0) is 10.9 Å². The fourth-order valence-corrected chi connectivity index (χ4v) is 8.05. The van der Waals surface area contributed by atoms with E-state index in [1.807, 2.05) is 6.07 Å². The van der Waals surface area contributed by atoms with Gasteiger partial charge in [0.05, 0.1) is 8.07 Å². The Balaban J connectivity index is 2.29. The Hall–Kier alpha value is -0.213. The van der Waals surface area contributed by atoms with Crippen LogP contribution >= 0.6 is 0 Å². The summed E-state index contributed by atoms with van der Waals surface area (Å²) in [4.78, 5) is 0. The smallest absolute Gasteiger partial charge is 0.0653 e. The fraction of sp³-hybridized carbons (Fsp3) is 0.571. The summed E-state index contributed by atoms with van der Waals surface area (Å²) in [5.41, 5.74) is 1.35. The van der Waals surface area contributed by atoms with Gasteiger partial charge in [-0.15, -0.1) is 0 Å². The molecule has 0 spiro atoms. The quantitative estimate of drug-likeness (QED) is 0.564. The third kappa shape index (κ3) is 3.14. The molecule has 16 heavy (non-hydrogen) atoms. The lowest BCUT2D eigenvalue weighted by molar-refractivity contribution is 0.828. The molecular formula is C14H23SSi+. The molecule has 88 valence electrons. The van der Waals surface area contributed by atoms with Gasteiger partial charge in [-0.05, 0) is 17.3 Å². The van der Waals surface area contributed by atoms with E-state index >= 15 is 0 Å². The average Bonchev–Trinajstić information content (AvgIpc) is 2.78. The van der Waals surface area contributed by atoms with Gasteiger partial charge in [-0.2, -0.15) is 0 Å². The summed E-state index contributed by atoms with van der Waals surface area (Å²) in [5.74, 6) is 1.08. The van der Waals surface area contributed by atoms with E-state index in [2.05, 4.69) is 43.9 Å². The van der Waals surface area contributed by atoms with E-state index < -0.39 is 13.4 Å². The summed E-state index contributed by atoms with van der Waals surface area (Å²) in [6.45, 7) is 6.50. The summed E-state index contributed by atoms with van der Waals surface area (Å²) in [5, 5.41) is -0.489. The molecule has 0 bridgehead atoms. The Morgan fingerprint density at radius 2 is 2.00 bits per heavy atom. The molecule has 1 aliphatic heterocycles. The first-order valence-corrected chi connectivity index (χ1v) is 11.0. The molecule has 2 heteroatoms. The Morgan fingerprint density at radius 1 is 1.31 bits per heavy atom. The lowest BCUT2D eigenvalue weighted by Gasteiger charge is -2.19. The van der Waals surface area contributed by atoms with Crippen LogP contribution in [0.3, 0.4) is 0 Å². The van der Waals surface area contributed by atoms with Crippen LogP contribution in [-0.4, -0.2) is 19.2 Å². The van der Waals surface area contributed by atoms with Crippen molar-refractivity contribution in [3.05, 3.63) is 35.9 Å². The van der Waals surface area contributed by atoms with Crippen molar-refractivity contribution in [3.63, 3.8) is 0 Å². The van der Waals surface area contributed by atoms with Gasteiger partial charge in [-0.1, -0.05) is 50.0 Å². The summed E-state index contributed by atoms with van der Waals surface area (Å²) in [6, 6.07) is 10.6. The van der Waals surface area contributed by atoms with Crippen LogP contribution in [0.2, 0.25) is 19.6 Å². The first-order valence-electron chi connectivity index (χ1n) is 7.09. The molecule has 1 saturated heterocycles. The molecule has 0 aromatic heterocycles. The van der Waals surface area contributed by atoms with Crippen molar-refractivity contribution in [1.29, 1.82) is 0 Å². The molecule has 1 fully saturated rings. The molecule has 1 aromatic rings. The van der Waals surface area contributed by atoms with E-state index in [1.54, 1.807) is 0 Å². The second-order valence-electron chi connectivity index (χ2n) is 5.53. The van der Waals surface area contributed by atoms with Crippen molar-refractivity contribution in [1.82, 2.24) is 0 Å². The minimum Gasteiger partial charge on any atom is -0.0653 e. The minimum absolute atomic E-state index is 0.101. The van der Waals surface area contributed by atoms with Gasteiger partial charge < -0.3 is 0 Å². The topological polar surface area (TPSA) is 0 Å². The Bertz CT molecular complexity index is 400. The molecule has 0 saturated carbocycles. The highest BCUT2D eigenvalue weighted by Crippen LogP contribution is 2.37. The Kier molecular flexibility index (Phi) is 3.04. The molecule has 0 N–H and O–H groups in total. The third-order valence-corrected chi connectivity index (χ3v) is 8.20. The first kappa shape index (κ1) is 9.78. The van der Waals surface area contributed by atoms with Crippen LogP contribution in [0.25, 0.3) is 0 Å². The largest absolute Gasteiger partial charge is 0.143 e. The monoisotopic (exact) mass is 253 g/mol. The summed E-state index contributed by atoms with van der Waals surface area (Å²) < 4.78 is 17.2. The predicted molar refractivity (Wildman–Crippen MR) is 78.9 cm³/mol. The van der Waals surface area contributed by atoms with Gasteiger partial charge >= 0.3 is 0 Å². The molecular weight excluding hydrogens is 228 g/mol. The van der Waals surface area contributed by atoms with Crippen molar-refractivity contribution >= 4 is 19.0 Å². The predicted octanol–water partition coefficient (Wildman–Crippen LogP) is 4.02. The lowest BCUT2D eigenvalue weighted by Crippen LogP contribution is -2.33. The highest BCUT2D eigenvalue weighted by molar-refractivity contribution is 7.98. The highest BCUT2D eigenvalue weighted by Gasteiger charge is 2.40. The maximum Gasteiger partial charge on any atom is 0.143 e. The highest BCUT2D eigenvalue weighted by atomic mass is 32.2. The Labute approximate surface area is 107 Å². The number of benzene rings is 1. The van der Waals surface area contributed by atoms with Gasteiger partial charge in [0, 0.05) is 12.0 Å². The molecule has 0 aliphatic carbocycles. The van der Waals surface area contributed by atoms with E-state index in [0.29, 0.717) is 5.25 Å². The SMILES string of the molecule is [2H]C([2H])([S+]1CCC[C@H]1c1ccccc1)[Si](C)(C)C. The molecule has 1 aromatic carbocycles. The zero-order valence-electron chi connectivity index (χ0n) is 12.5. The minimum atomic E-state index is -1.78. The normalized spacial score (nSPS) is 28.7. The number of hydrogen-bond donors (Lipinski definition) is 0. The van der Waals surface area contributed by atoms with E-state index in [0.717, 1.165) is 12.2 Å². The first-order chi connectivity index (χ1) is 8.34. The number of hydrogen-bond acceptors (Lipinski definition) is 0. The van der Waals surface area contributed by atoms with Gasteiger partial charge in [0.1, 0.15) is 19.1 Å².